The molecular formula is C25H29F3N6O4. The summed E-state index contributed by atoms with van der Waals surface area (Å²) >= 11 is 0. The number of alkyl halides is 3. The van der Waals surface area contributed by atoms with Crippen LogP contribution in [0.2, 0.25) is 0 Å². The number of nitrogens with zero attached hydrogens (tertiary/aromatic N) is 5. The summed E-state index contributed by atoms with van der Waals surface area (Å²) < 4.78 is 45.9. The van der Waals surface area contributed by atoms with Crippen LogP contribution in [-0.4, -0.2) is 75.3 Å². The van der Waals surface area contributed by atoms with Crippen LogP contribution in [0.4, 0.5) is 29.3 Å². The van der Waals surface area contributed by atoms with Crippen LogP contribution >= 0.6 is 0 Å². The number of methoxy groups -OCH3 is 1. The maximum Gasteiger partial charge on any atom is 0.433 e. The zero-order valence-electron chi connectivity index (χ0n) is 21.2. The number of rotatable bonds is 6. The van der Waals surface area contributed by atoms with Crippen LogP contribution < -0.4 is 10.2 Å². The van der Waals surface area contributed by atoms with Gasteiger partial charge >= 0.3 is 12.3 Å². The molecule has 1 fully saturated rings. The molecule has 13 heteroatoms. The molecule has 4 heterocycles. The maximum atomic E-state index is 13.1. The Kier molecular flexibility index (Phi) is 7.49. The molecule has 38 heavy (non-hydrogen) atoms. The number of carbonyl (C=O) groups is 2. The Bertz CT molecular complexity index is 1330. The number of hydrogen-bond donors (Lipinski definition) is 2. The molecule has 0 aliphatic carbocycles. The van der Waals surface area contributed by atoms with Gasteiger partial charge in [0.25, 0.3) is 5.91 Å². The number of piperazine rings is 1. The van der Waals surface area contributed by atoms with Crippen molar-refractivity contribution in [1.82, 2.24) is 19.3 Å². The van der Waals surface area contributed by atoms with Crippen molar-refractivity contribution in [2.24, 2.45) is 0 Å². The first kappa shape index (κ1) is 27.2. The van der Waals surface area contributed by atoms with Gasteiger partial charge in [-0.2, -0.15) is 13.2 Å². The van der Waals surface area contributed by atoms with E-state index in [0.717, 1.165) is 17.8 Å². The number of aryl methyl sites for hydroxylation is 1. The van der Waals surface area contributed by atoms with E-state index >= 15 is 0 Å². The Morgan fingerprint density at radius 1 is 1.11 bits per heavy atom. The minimum absolute atomic E-state index is 0.347. The van der Waals surface area contributed by atoms with Gasteiger partial charge in [0.2, 0.25) is 0 Å². The minimum atomic E-state index is -4.68. The number of ether oxygens (including phenoxy) is 1. The minimum Gasteiger partial charge on any atom is -0.453 e. The van der Waals surface area contributed by atoms with Crippen LogP contribution in [-0.2, 0) is 17.3 Å². The molecule has 4 rings (SSSR count). The number of aliphatic hydroxyl groups is 1. The van der Waals surface area contributed by atoms with E-state index in [-0.39, 0.29) is 5.69 Å². The Morgan fingerprint density at radius 3 is 2.45 bits per heavy atom. The first-order valence-electron chi connectivity index (χ1n) is 12.0. The van der Waals surface area contributed by atoms with E-state index in [1.165, 1.54) is 13.2 Å². The third-order valence-corrected chi connectivity index (χ3v) is 6.19. The molecule has 3 aromatic rings. The quantitative estimate of drug-likeness (QED) is 0.497. The van der Waals surface area contributed by atoms with Crippen molar-refractivity contribution in [3.63, 3.8) is 0 Å². The third kappa shape index (κ3) is 6.33. The second kappa shape index (κ2) is 10.5. The van der Waals surface area contributed by atoms with Gasteiger partial charge in [-0.25, -0.2) is 14.8 Å². The number of fused-ring (bicyclic) bond motifs is 1. The van der Waals surface area contributed by atoms with Crippen molar-refractivity contribution in [2.75, 3.05) is 43.5 Å². The zero-order chi connectivity index (χ0) is 27.7. The van der Waals surface area contributed by atoms with E-state index in [1.807, 2.05) is 4.90 Å². The molecule has 0 atom stereocenters. The Hall–Kier alpha value is -3.87. The Morgan fingerprint density at radius 2 is 1.82 bits per heavy atom. The molecule has 0 spiro atoms. The van der Waals surface area contributed by atoms with E-state index < -0.39 is 29.5 Å². The fourth-order valence-electron chi connectivity index (χ4n) is 4.15. The predicted molar refractivity (Wildman–Crippen MR) is 133 cm³/mol. The summed E-state index contributed by atoms with van der Waals surface area (Å²) in [7, 11) is 1.31. The number of imidazole rings is 1. The molecule has 10 nitrogen and oxygen atoms in total. The van der Waals surface area contributed by atoms with Crippen LogP contribution in [0.25, 0.3) is 5.65 Å². The Labute approximate surface area is 217 Å². The van der Waals surface area contributed by atoms with Crippen molar-refractivity contribution >= 4 is 29.0 Å². The molecule has 1 aliphatic heterocycles. The number of hydrogen-bond acceptors (Lipinski definition) is 7. The third-order valence-electron chi connectivity index (χ3n) is 6.19. The van der Waals surface area contributed by atoms with Crippen molar-refractivity contribution in [3.8, 4) is 0 Å². The zero-order valence-corrected chi connectivity index (χ0v) is 21.2. The summed E-state index contributed by atoms with van der Waals surface area (Å²) in [5.74, 6) is -0.799. The van der Waals surface area contributed by atoms with Gasteiger partial charge in [0.1, 0.15) is 17.0 Å². The molecular weight excluding hydrogens is 505 g/mol. The lowest BCUT2D eigenvalue weighted by molar-refractivity contribution is -0.141. The first-order chi connectivity index (χ1) is 17.8. The highest BCUT2D eigenvalue weighted by molar-refractivity contribution is 6.04. The SMILES string of the molecule is COC(=O)N1CCN(c2cc3nc(CCC(C)(C)O)cn3cc2NC(=O)c2cccc(C(F)(F)F)n2)CC1. The first-order valence-corrected chi connectivity index (χ1v) is 12.0. The summed E-state index contributed by atoms with van der Waals surface area (Å²) in [5.41, 5.74) is -0.129. The number of pyridine rings is 2. The van der Waals surface area contributed by atoms with Crippen LogP contribution in [0.3, 0.4) is 0 Å². The number of amides is 2. The van der Waals surface area contributed by atoms with Crippen molar-refractivity contribution < 1.29 is 32.6 Å². The van der Waals surface area contributed by atoms with E-state index in [4.69, 9.17) is 4.74 Å². The fourth-order valence-corrected chi connectivity index (χ4v) is 4.15. The molecule has 1 aliphatic rings. The van der Waals surface area contributed by atoms with Gasteiger partial charge in [-0.3, -0.25) is 4.79 Å². The van der Waals surface area contributed by atoms with Gasteiger partial charge in [-0.1, -0.05) is 6.07 Å². The van der Waals surface area contributed by atoms with E-state index in [9.17, 15) is 27.9 Å². The molecule has 2 amide bonds. The van der Waals surface area contributed by atoms with Crippen molar-refractivity contribution in [2.45, 2.75) is 38.5 Å². The van der Waals surface area contributed by atoms with Gasteiger partial charge in [0, 0.05) is 44.6 Å². The number of nitrogens with one attached hydrogen (secondary N) is 1. The highest BCUT2D eigenvalue weighted by Crippen LogP contribution is 2.31. The fraction of sp³-hybridized carbons (Fsp3) is 0.440. The van der Waals surface area contributed by atoms with Crippen molar-refractivity contribution in [1.29, 1.82) is 0 Å². The molecule has 0 unspecified atom stereocenters. The number of carbonyl (C=O) groups excluding carboxylic acids is 2. The lowest BCUT2D eigenvalue weighted by atomic mass is 10.0. The van der Waals surface area contributed by atoms with Crippen LogP contribution in [0.5, 0.6) is 0 Å². The molecule has 0 aromatic carbocycles. The normalized spacial score (nSPS) is 14.6. The summed E-state index contributed by atoms with van der Waals surface area (Å²) in [6.07, 6.45) is -0.690. The van der Waals surface area contributed by atoms with Gasteiger partial charge < -0.3 is 29.4 Å². The highest BCUT2D eigenvalue weighted by atomic mass is 19.4. The highest BCUT2D eigenvalue weighted by Gasteiger charge is 2.33. The standard InChI is InChI=1S/C25H29F3N6O4/c1-24(2,37)8-7-16-14-34-15-18(31-22(35)17-5-4-6-20(30-17)25(26,27)28)19(13-21(34)29-16)32-9-11-33(12-10-32)23(36)38-3/h4-6,13-15,37H,7-12H2,1-3H3,(H,31,35). The average Bonchev–Trinajstić information content (AvgIpc) is 3.27. The summed E-state index contributed by atoms with van der Waals surface area (Å²) in [5, 5.41) is 12.8. The van der Waals surface area contributed by atoms with Crippen LogP contribution in [0, 0.1) is 0 Å². The summed E-state index contributed by atoms with van der Waals surface area (Å²) in [6, 6.07) is 4.92. The molecule has 0 saturated carbocycles. The molecule has 3 aromatic heterocycles. The van der Waals surface area contributed by atoms with Crippen LogP contribution in [0.15, 0.2) is 36.7 Å². The van der Waals surface area contributed by atoms with Gasteiger partial charge in [0.05, 0.1) is 29.8 Å². The lowest BCUT2D eigenvalue weighted by Crippen LogP contribution is -2.49. The maximum absolute atomic E-state index is 13.1. The topological polar surface area (TPSA) is 112 Å². The van der Waals surface area contributed by atoms with Crippen LogP contribution in [0.1, 0.15) is 42.1 Å². The van der Waals surface area contributed by atoms with E-state index in [0.29, 0.717) is 56.0 Å². The number of anilines is 2. The molecule has 0 radical (unpaired) electrons. The molecule has 0 bridgehead atoms. The lowest BCUT2D eigenvalue weighted by Gasteiger charge is -2.36. The second-order valence-corrected chi connectivity index (χ2v) is 9.69. The predicted octanol–water partition coefficient (Wildman–Crippen LogP) is 3.59. The summed E-state index contributed by atoms with van der Waals surface area (Å²) in [4.78, 5) is 36.5. The second-order valence-electron chi connectivity index (χ2n) is 9.69. The molecule has 204 valence electrons. The number of halogens is 3. The van der Waals surface area contributed by atoms with Gasteiger partial charge in [0.15, 0.2) is 0 Å². The largest absolute Gasteiger partial charge is 0.453 e. The molecule has 1 saturated heterocycles. The average molecular weight is 535 g/mol. The van der Waals surface area contributed by atoms with Crippen molar-refractivity contribution in [3.05, 3.63) is 53.7 Å². The van der Waals surface area contributed by atoms with Gasteiger partial charge in [-0.05, 0) is 38.8 Å². The van der Waals surface area contributed by atoms with E-state index in [1.54, 1.807) is 41.6 Å². The van der Waals surface area contributed by atoms with Gasteiger partial charge in [-0.15, -0.1) is 0 Å². The molecule has 2 N–H and O–H groups in total. The summed E-state index contributed by atoms with van der Waals surface area (Å²) in [6.45, 7) is 5.05. The smallest absolute Gasteiger partial charge is 0.433 e. The monoisotopic (exact) mass is 534 g/mol. The van der Waals surface area contributed by atoms with E-state index in [2.05, 4.69) is 15.3 Å². The Balaban J connectivity index is 1.66. The number of aromatic nitrogens is 3.